The van der Waals surface area contributed by atoms with Crippen molar-refractivity contribution in [3.05, 3.63) is 94.5 Å². The first-order chi connectivity index (χ1) is 23.4. The number of aliphatic hydroxyl groups excluding tert-OH is 1. The van der Waals surface area contributed by atoms with E-state index in [4.69, 9.17) is 21.6 Å². The number of benzene rings is 3. The van der Waals surface area contributed by atoms with Gasteiger partial charge in [0.25, 0.3) is 0 Å². The Hall–Kier alpha value is -2.84. The molecule has 2 unspecified atom stereocenters. The van der Waals surface area contributed by atoms with Gasteiger partial charge in [0, 0.05) is 48.1 Å². The second-order valence-corrected chi connectivity index (χ2v) is 15.8. The number of nitrogens with zero attached hydrogens (tertiary/aromatic N) is 3. The summed E-state index contributed by atoms with van der Waals surface area (Å²) >= 11 is 8.07. The van der Waals surface area contributed by atoms with Gasteiger partial charge in [0.05, 0.1) is 11.6 Å². The number of hydrogen-bond acceptors (Lipinski definition) is 7. The second kappa shape index (κ2) is 17.2. The molecule has 0 spiro atoms. The van der Waals surface area contributed by atoms with Gasteiger partial charge in [-0.2, -0.15) is 16.7 Å². The summed E-state index contributed by atoms with van der Waals surface area (Å²) in [6.45, 7) is 1.89. The zero-order chi connectivity index (χ0) is 33.3. The summed E-state index contributed by atoms with van der Waals surface area (Å²) in [7, 11) is 4.07. The Balaban J connectivity index is 1.00. The number of para-hydroxylation sites is 1. The predicted octanol–water partition coefficient (Wildman–Crippen LogP) is 9.38. The van der Waals surface area contributed by atoms with E-state index in [1.165, 1.54) is 56.1 Å². The van der Waals surface area contributed by atoms with E-state index in [0.717, 1.165) is 71.4 Å². The summed E-state index contributed by atoms with van der Waals surface area (Å²) < 4.78 is 0. The lowest BCUT2D eigenvalue weighted by Gasteiger charge is -2.30. The first-order valence-corrected chi connectivity index (χ1v) is 19.4. The molecule has 2 fully saturated rings. The minimum absolute atomic E-state index is 0.294. The van der Waals surface area contributed by atoms with Gasteiger partial charge >= 0.3 is 0 Å². The molecule has 0 amide bonds. The fourth-order valence-corrected chi connectivity index (χ4v) is 8.72. The maximum atomic E-state index is 11.4. The fourth-order valence-electron chi connectivity index (χ4n) is 7.42. The van der Waals surface area contributed by atoms with Crippen molar-refractivity contribution < 1.29 is 5.11 Å². The molecule has 3 aromatic carbocycles. The van der Waals surface area contributed by atoms with Crippen LogP contribution in [0.2, 0.25) is 5.02 Å². The molecule has 3 N–H and O–H groups in total. The smallest absolute Gasteiger partial charge is 0.225 e. The van der Waals surface area contributed by atoms with Crippen molar-refractivity contribution in [1.29, 1.82) is 0 Å². The summed E-state index contributed by atoms with van der Waals surface area (Å²) in [5, 5.41) is 20.9. The van der Waals surface area contributed by atoms with Crippen LogP contribution in [0.4, 0.5) is 11.8 Å². The van der Waals surface area contributed by atoms with Crippen molar-refractivity contribution in [1.82, 2.24) is 15.3 Å². The lowest BCUT2D eigenvalue weighted by molar-refractivity contribution is 0.166. The topological polar surface area (TPSA) is 73.3 Å². The maximum absolute atomic E-state index is 11.4. The fraction of sp³-hybridized carbons (Fsp3) is 0.500. The number of thioether (sulfide) groups is 1. The molecule has 48 heavy (non-hydrogen) atoms. The molecule has 6 rings (SSSR count). The standard InChI is InChI=1S/C40H52ClN5OS/c1-46(2)39-36-10-6-7-11-37(36)44-40(45-39)43-34-22-14-28(15-23-34)25-42-26-35(48-27-29-12-20-33(41)21-13-29)24-38(47)32-18-16-31(17-19-32)30-8-4-3-5-9-30/h6-7,10-13,16-21,28,30,34-35,38,42,47H,3-5,8-9,14-15,22-27H2,1-2H3,(H,43,44,45)/t28-,34+,35?,38?. The Bertz CT molecular complexity index is 1570. The Morgan fingerprint density at radius 2 is 1.60 bits per heavy atom. The van der Waals surface area contributed by atoms with Gasteiger partial charge < -0.3 is 20.6 Å². The highest BCUT2D eigenvalue weighted by atomic mass is 35.5. The first-order valence-electron chi connectivity index (χ1n) is 18.0. The molecule has 0 saturated heterocycles. The van der Waals surface area contributed by atoms with Crippen molar-refractivity contribution in [2.24, 2.45) is 5.92 Å². The highest BCUT2D eigenvalue weighted by molar-refractivity contribution is 7.99. The third-order valence-electron chi connectivity index (χ3n) is 10.3. The molecule has 8 heteroatoms. The molecule has 1 heterocycles. The van der Waals surface area contributed by atoms with Gasteiger partial charge in [0.15, 0.2) is 0 Å². The molecule has 4 aromatic rings. The number of anilines is 2. The van der Waals surface area contributed by atoms with Gasteiger partial charge in [0.2, 0.25) is 5.95 Å². The van der Waals surface area contributed by atoms with Crippen LogP contribution in [0.3, 0.4) is 0 Å². The van der Waals surface area contributed by atoms with Crippen LogP contribution < -0.4 is 15.5 Å². The lowest BCUT2D eigenvalue weighted by atomic mass is 9.83. The van der Waals surface area contributed by atoms with E-state index in [0.29, 0.717) is 23.1 Å². The normalized spacial score (nSPS) is 20.0. The SMILES string of the molecule is CN(C)c1nc(N[C@H]2CC[C@@H](CNCC(CC(O)c3ccc(C4CCCCC4)cc3)SCc3ccc(Cl)cc3)CC2)nc2ccccc12. The largest absolute Gasteiger partial charge is 0.388 e. The van der Waals surface area contributed by atoms with Crippen LogP contribution in [0.25, 0.3) is 10.9 Å². The monoisotopic (exact) mass is 685 g/mol. The van der Waals surface area contributed by atoms with Crippen LogP contribution >= 0.6 is 23.4 Å². The zero-order valence-electron chi connectivity index (χ0n) is 28.6. The summed E-state index contributed by atoms with van der Waals surface area (Å²) in [6, 6.07) is 25.6. The van der Waals surface area contributed by atoms with Gasteiger partial charge in [-0.25, -0.2) is 4.98 Å². The van der Waals surface area contributed by atoms with Crippen molar-refractivity contribution in [2.45, 2.75) is 93.3 Å². The molecular weight excluding hydrogens is 634 g/mol. The number of aliphatic hydroxyl groups is 1. The zero-order valence-corrected chi connectivity index (χ0v) is 30.2. The van der Waals surface area contributed by atoms with Gasteiger partial charge in [-0.1, -0.05) is 79.4 Å². The average molecular weight is 686 g/mol. The predicted molar refractivity (Wildman–Crippen MR) is 204 cm³/mol. The van der Waals surface area contributed by atoms with Gasteiger partial charge in [-0.05, 0) is 104 Å². The molecule has 2 aliphatic rings. The van der Waals surface area contributed by atoms with Crippen LogP contribution in [-0.2, 0) is 5.75 Å². The van der Waals surface area contributed by atoms with Crippen LogP contribution in [-0.4, -0.2) is 53.6 Å². The van der Waals surface area contributed by atoms with Crippen LogP contribution in [0.5, 0.6) is 0 Å². The van der Waals surface area contributed by atoms with Crippen molar-refractivity contribution in [3.8, 4) is 0 Å². The Morgan fingerprint density at radius 3 is 2.33 bits per heavy atom. The second-order valence-electron chi connectivity index (χ2n) is 14.1. The van der Waals surface area contributed by atoms with E-state index in [1.807, 2.05) is 50.1 Å². The van der Waals surface area contributed by atoms with Gasteiger partial charge in [-0.15, -0.1) is 0 Å². The van der Waals surface area contributed by atoms with Crippen LogP contribution in [0, 0.1) is 5.92 Å². The van der Waals surface area contributed by atoms with E-state index in [-0.39, 0.29) is 0 Å². The lowest BCUT2D eigenvalue weighted by Crippen LogP contribution is -2.34. The molecule has 1 aromatic heterocycles. The van der Waals surface area contributed by atoms with Crippen LogP contribution in [0.1, 0.15) is 92.9 Å². The minimum atomic E-state index is -0.471. The summed E-state index contributed by atoms with van der Waals surface area (Å²) in [5.41, 5.74) is 4.71. The maximum Gasteiger partial charge on any atom is 0.225 e. The van der Waals surface area contributed by atoms with E-state index >= 15 is 0 Å². The van der Waals surface area contributed by atoms with E-state index in [2.05, 4.69) is 64.1 Å². The molecule has 2 saturated carbocycles. The van der Waals surface area contributed by atoms with Crippen molar-refractivity contribution >= 4 is 46.0 Å². The average Bonchev–Trinajstić information content (AvgIpc) is 3.12. The highest BCUT2D eigenvalue weighted by Crippen LogP contribution is 2.34. The summed E-state index contributed by atoms with van der Waals surface area (Å²) in [5.74, 6) is 3.91. The molecule has 2 aliphatic carbocycles. The number of halogens is 1. The quantitative estimate of drug-likeness (QED) is 0.122. The Morgan fingerprint density at radius 1 is 0.875 bits per heavy atom. The Kier molecular flexibility index (Phi) is 12.5. The third kappa shape index (κ3) is 9.65. The van der Waals surface area contributed by atoms with E-state index in [1.54, 1.807) is 0 Å². The van der Waals surface area contributed by atoms with Crippen molar-refractivity contribution in [2.75, 3.05) is 37.4 Å². The molecular formula is C40H52ClN5OS. The summed E-state index contributed by atoms with van der Waals surface area (Å²) in [4.78, 5) is 11.7. The molecule has 0 radical (unpaired) electrons. The molecule has 6 nitrogen and oxygen atoms in total. The molecule has 0 aliphatic heterocycles. The van der Waals surface area contributed by atoms with E-state index < -0.39 is 6.10 Å². The van der Waals surface area contributed by atoms with Crippen molar-refractivity contribution in [3.63, 3.8) is 0 Å². The number of nitrogens with one attached hydrogen (secondary N) is 2. The summed E-state index contributed by atoms with van der Waals surface area (Å²) in [6.07, 6.45) is 11.5. The van der Waals surface area contributed by atoms with Crippen LogP contribution in [0.15, 0.2) is 72.8 Å². The number of hydrogen-bond donors (Lipinski definition) is 3. The molecule has 256 valence electrons. The number of rotatable bonds is 14. The molecule has 0 bridgehead atoms. The number of fused-ring (bicyclic) bond motifs is 1. The third-order valence-corrected chi connectivity index (χ3v) is 11.9. The number of aromatic nitrogens is 2. The first kappa shape index (κ1) is 35.0. The van der Waals surface area contributed by atoms with Gasteiger partial charge in [-0.3, -0.25) is 0 Å². The highest BCUT2D eigenvalue weighted by Gasteiger charge is 2.24. The Labute approximate surface area is 296 Å². The van der Waals surface area contributed by atoms with Gasteiger partial charge in [0.1, 0.15) is 5.82 Å². The van der Waals surface area contributed by atoms with E-state index in [9.17, 15) is 5.11 Å². The minimum Gasteiger partial charge on any atom is -0.388 e. The molecule has 2 atom stereocenters.